The average molecular weight is 292 g/mol. The normalized spacial score (nSPS) is 9.62. The molecule has 1 aromatic rings. The van der Waals surface area contributed by atoms with E-state index in [0.717, 1.165) is 0 Å². The van der Waals surface area contributed by atoms with Crippen LogP contribution in [-0.4, -0.2) is 31.6 Å². The molecule has 0 aliphatic rings. The smallest absolute Gasteiger partial charge is 0.337 e. The topological polar surface area (TPSA) is 78.9 Å². The lowest BCUT2D eigenvalue weighted by molar-refractivity contribution is -0.142. The van der Waals surface area contributed by atoms with E-state index < -0.39 is 17.9 Å². The first-order valence-electron chi connectivity index (χ1n) is 6.15. The summed E-state index contributed by atoms with van der Waals surface area (Å²) in [5.74, 6) is -1.28. The van der Waals surface area contributed by atoms with Crippen LogP contribution in [0.3, 0.4) is 0 Å². The molecule has 21 heavy (non-hydrogen) atoms. The van der Waals surface area contributed by atoms with Gasteiger partial charge in [-0.25, -0.2) is 9.59 Å². The van der Waals surface area contributed by atoms with Gasteiger partial charge in [-0.2, -0.15) is 0 Å². The van der Waals surface area contributed by atoms with Gasteiger partial charge < -0.3 is 14.2 Å². The molecule has 1 aromatic carbocycles. The molecular formula is C15H16O6. The number of carbonyl (C=O) groups excluding carboxylic acids is 3. The van der Waals surface area contributed by atoms with Crippen molar-refractivity contribution in [2.24, 2.45) is 0 Å². The summed E-state index contributed by atoms with van der Waals surface area (Å²) in [5, 5.41) is 0. The summed E-state index contributed by atoms with van der Waals surface area (Å²) in [5.41, 5.74) is 0.620. The molecule has 0 radical (unpaired) electrons. The van der Waals surface area contributed by atoms with Gasteiger partial charge in [0.1, 0.15) is 12.4 Å². The number of rotatable bonds is 6. The van der Waals surface area contributed by atoms with Crippen molar-refractivity contribution in [3.63, 3.8) is 0 Å². The van der Waals surface area contributed by atoms with Gasteiger partial charge in [0.2, 0.25) is 0 Å². The molecule has 0 fully saturated rings. The molecule has 0 aliphatic heterocycles. The van der Waals surface area contributed by atoms with Crippen LogP contribution in [0.4, 0.5) is 0 Å². The second-order valence-electron chi connectivity index (χ2n) is 4.16. The molecule has 0 spiro atoms. The Labute approximate surface area is 122 Å². The summed E-state index contributed by atoms with van der Waals surface area (Å²) in [4.78, 5) is 33.8. The fourth-order valence-corrected chi connectivity index (χ4v) is 1.31. The first-order valence-corrected chi connectivity index (χ1v) is 6.15. The van der Waals surface area contributed by atoms with Crippen LogP contribution in [0.1, 0.15) is 23.7 Å². The van der Waals surface area contributed by atoms with Crippen LogP contribution < -0.4 is 4.74 Å². The van der Waals surface area contributed by atoms with Gasteiger partial charge in [-0.05, 0) is 31.2 Å². The Kier molecular flexibility index (Phi) is 6.13. The molecule has 6 nitrogen and oxygen atoms in total. The van der Waals surface area contributed by atoms with Crippen LogP contribution in [0.2, 0.25) is 0 Å². The van der Waals surface area contributed by atoms with Crippen molar-refractivity contribution in [1.82, 2.24) is 0 Å². The molecule has 0 unspecified atom stereocenters. The maximum absolute atomic E-state index is 11.5. The van der Waals surface area contributed by atoms with Gasteiger partial charge >= 0.3 is 17.9 Å². The van der Waals surface area contributed by atoms with Crippen molar-refractivity contribution in [3.8, 4) is 5.75 Å². The van der Waals surface area contributed by atoms with Gasteiger partial charge in [0.15, 0.2) is 0 Å². The zero-order chi connectivity index (χ0) is 15.8. The van der Waals surface area contributed by atoms with E-state index in [1.807, 2.05) is 0 Å². The third-order valence-electron chi connectivity index (χ3n) is 2.39. The lowest BCUT2D eigenvalue weighted by Gasteiger charge is -2.06. The van der Waals surface area contributed by atoms with Crippen LogP contribution in [0.15, 0.2) is 36.4 Å². The SMILES string of the molecule is C=C(C)C(=O)OCCC(=O)Oc1ccc(C(=O)OC)cc1. The molecule has 112 valence electrons. The minimum atomic E-state index is -0.551. The molecule has 1 rings (SSSR count). The number of methoxy groups -OCH3 is 1. The van der Waals surface area contributed by atoms with E-state index in [1.165, 1.54) is 38.3 Å². The summed E-state index contributed by atoms with van der Waals surface area (Å²) < 4.78 is 14.3. The van der Waals surface area contributed by atoms with Crippen molar-refractivity contribution >= 4 is 17.9 Å². The first-order chi connectivity index (χ1) is 9.93. The highest BCUT2D eigenvalue weighted by molar-refractivity contribution is 5.89. The molecular weight excluding hydrogens is 276 g/mol. The monoisotopic (exact) mass is 292 g/mol. The predicted octanol–water partition coefficient (Wildman–Crippen LogP) is 1.89. The Hall–Kier alpha value is -2.63. The number of hydrogen-bond acceptors (Lipinski definition) is 6. The lowest BCUT2D eigenvalue weighted by Crippen LogP contribution is -2.14. The maximum atomic E-state index is 11.5. The summed E-state index contributed by atoms with van der Waals surface area (Å²) in [6.07, 6.45) is -0.0717. The zero-order valence-electron chi connectivity index (χ0n) is 11.9. The van der Waals surface area contributed by atoms with Crippen molar-refractivity contribution < 1.29 is 28.6 Å². The highest BCUT2D eigenvalue weighted by Crippen LogP contribution is 2.13. The molecule has 0 N–H and O–H groups in total. The lowest BCUT2D eigenvalue weighted by atomic mass is 10.2. The maximum Gasteiger partial charge on any atom is 0.337 e. The minimum absolute atomic E-state index is 0.0717. The van der Waals surface area contributed by atoms with Crippen LogP contribution in [0.5, 0.6) is 5.75 Å². The third kappa shape index (κ3) is 5.48. The summed E-state index contributed by atoms with van der Waals surface area (Å²) >= 11 is 0. The van der Waals surface area contributed by atoms with Crippen LogP contribution in [-0.2, 0) is 19.1 Å². The Morgan fingerprint density at radius 3 is 2.29 bits per heavy atom. The number of benzene rings is 1. The molecule has 0 heterocycles. The van der Waals surface area contributed by atoms with Crippen LogP contribution in [0.25, 0.3) is 0 Å². The van der Waals surface area contributed by atoms with Gasteiger partial charge in [-0.3, -0.25) is 4.79 Å². The van der Waals surface area contributed by atoms with Crippen LogP contribution >= 0.6 is 0 Å². The Bertz CT molecular complexity index is 544. The van der Waals surface area contributed by atoms with E-state index in [9.17, 15) is 14.4 Å². The van der Waals surface area contributed by atoms with E-state index in [-0.39, 0.29) is 18.6 Å². The standard InChI is InChI=1S/C15H16O6/c1-10(2)14(17)20-9-8-13(16)21-12-6-4-11(5-7-12)15(18)19-3/h4-7H,1,8-9H2,2-3H3. The minimum Gasteiger partial charge on any atom is -0.465 e. The Balaban J connectivity index is 2.43. The highest BCUT2D eigenvalue weighted by atomic mass is 16.6. The quantitative estimate of drug-likeness (QED) is 0.452. The second-order valence-corrected chi connectivity index (χ2v) is 4.16. The first kappa shape index (κ1) is 16.4. The molecule has 0 saturated carbocycles. The summed E-state index contributed by atoms with van der Waals surface area (Å²) in [7, 11) is 1.28. The molecule has 6 heteroatoms. The van der Waals surface area contributed by atoms with Gasteiger partial charge in [0.25, 0.3) is 0 Å². The van der Waals surface area contributed by atoms with E-state index in [2.05, 4.69) is 11.3 Å². The molecule has 0 atom stereocenters. The largest absolute Gasteiger partial charge is 0.465 e. The number of ether oxygens (including phenoxy) is 3. The van der Waals surface area contributed by atoms with Gasteiger partial charge in [-0.1, -0.05) is 6.58 Å². The fourth-order valence-electron chi connectivity index (χ4n) is 1.31. The number of esters is 3. The van der Waals surface area contributed by atoms with Crippen molar-refractivity contribution in [2.45, 2.75) is 13.3 Å². The van der Waals surface area contributed by atoms with Crippen molar-refractivity contribution in [2.75, 3.05) is 13.7 Å². The fraction of sp³-hybridized carbons (Fsp3) is 0.267. The van der Waals surface area contributed by atoms with Gasteiger partial charge in [0, 0.05) is 5.57 Å². The molecule has 0 saturated heterocycles. The predicted molar refractivity (Wildman–Crippen MR) is 73.8 cm³/mol. The van der Waals surface area contributed by atoms with Crippen molar-refractivity contribution in [1.29, 1.82) is 0 Å². The third-order valence-corrected chi connectivity index (χ3v) is 2.39. The van der Waals surface area contributed by atoms with Crippen molar-refractivity contribution in [3.05, 3.63) is 42.0 Å². The number of hydrogen-bond donors (Lipinski definition) is 0. The molecule has 0 amide bonds. The molecule has 0 bridgehead atoms. The Morgan fingerprint density at radius 2 is 1.76 bits per heavy atom. The summed E-state index contributed by atoms with van der Waals surface area (Å²) in [6.45, 7) is 4.86. The zero-order valence-corrected chi connectivity index (χ0v) is 11.9. The van der Waals surface area contributed by atoms with Crippen LogP contribution in [0, 0.1) is 0 Å². The van der Waals surface area contributed by atoms with Gasteiger partial charge in [0.05, 0.1) is 19.1 Å². The Morgan fingerprint density at radius 1 is 1.14 bits per heavy atom. The summed E-state index contributed by atoms with van der Waals surface area (Å²) in [6, 6.07) is 5.92. The second kappa shape index (κ2) is 7.84. The highest BCUT2D eigenvalue weighted by Gasteiger charge is 2.09. The van der Waals surface area contributed by atoms with Gasteiger partial charge in [-0.15, -0.1) is 0 Å². The van der Waals surface area contributed by atoms with E-state index in [1.54, 1.807) is 0 Å². The van der Waals surface area contributed by atoms with E-state index >= 15 is 0 Å². The van der Waals surface area contributed by atoms with E-state index in [4.69, 9.17) is 9.47 Å². The van der Waals surface area contributed by atoms with E-state index in [0.29, 0.717) is 11.3 Å². The number of carbonyl (C=O) groups is 3. The molecule has 0 aliphatic carbocycles. The average Bonchev–Trinajstić information content (AvgIpc) is 2.46. The molecule has 0 aromatic heterocycles.